The summed E-state index contributed by atoms with van der Waals surface area (Å²) in [4.78, 5) is 34.2. The van der Waals surface area contributed by atoms with Crippen LogP contribution in [0, 0.1) is 0 Å². The number of nitrogens with two attached hydrogens (primary N) is 1. The number of halogens is 4. The number of thioether (sulfide) groups is 1. The highest BCUT2D eigenvalue weighted by molar-refractivity contribution is 7.99. The molecule has 0 aliphatic rings. The van der Waals surface area contributed by atoms with Crippen molar-refractivity contribution in [3.8, 4) is 0 Å². The van der Waals surface area contributed by atoms with Gasteiger partial charge in [-0.1, -0.05) is 11.8 Å². The molecule has 7 N–H and O–H groups in total. The lowest BCUT2D eigenvalue weighted by Gasteiger charge is -2.13. The van der Waals surface area contributed by atoms with Crippen molar-refractivity contribution >= 4 is 51.5 Å². The Kier molecular flexibility index (Phi) is 15.3. The van der Waals surface area contributed by atoms with Gasteiger partial charge < -0.3 is 26.6 Å². The van der Waals surface area contributed by atoms with Crippen LogP contribution in [0.1, 0.15) is 6.42 Å². The van der Waals surface area contributed by atoms with E-state index < -0.39 is 46.8 Å². The van der Waals surface area contributed by atoms with E-state index in [1.54, 1.807) is 0 Å². The zero-order chi connectivity index (χ0) is 29.4. The molecule has 0 aliphatic heterocycles. The van der Waals surface area contributed by atoms with Crippen molar-refractivity contribution in [3.05, 3.63) is 24.4 Å². The molecule has 0 spiro atoms. The van der Waals surface area contributed by atoms with Gasteiger partial charge in [0, 0.05) is 37.7 Å². The maximum atomic E-state index is 12.8. The molecule has 1 rings (SSSR count). The van der Waals surface area contributed by atoms with E-state index in [4.69, 9.17) is 15.9 Å². The second-order valence-electron chi connectivity index (χ2n) is 6.70. The maximum absolute atomic E-state index is 12.8. The molecule has 0 amide bonds. The quantitative estimate of drug-likeness (QED) is 0.0371. The van der Waals surface area contributed by atoms with Crippen molar-refractivity contribution in [2.45, 2.75) is 23.9 Å². The predicted molar refractivity (Wildman–Crippen MR) is 132 cm³/mol. The molecule has 0 saturated heterocycles. The van der Waals surface area contributed by atoms with Gasteiger partial charge in [-0.05, 0) is 12.5 Å². The Morgan fingerprint density at radius 2 is 1.87 bits per heavy atom. The van der Waals surface area contributed by atoms with Gasteiger partial charge in [-0.2, -0.15) is 8.78 Å². The Balaban J connectivity index is 0.00000147. The van der Waals surface area contributed by atoms with Crippen LogP contribution < -0.4 is 21.1 Å². The largest absolute Gasteiger partial charge is 0.478 e. The third-order valence-electron chi connectivity index (χ3n) is 3.39. The van der Waals surface area contributed by atoms with E-state index >= 15 is 0 Å². The van der Waals surface area contributed by atoms with Gasteiger partial charge in [0.25, 0.3) is 0 Å². The first-order valence-electron chi connectivity index (χ1n) is 10.1. The van der Waals surface area contributed by atoms with Gasteiger partial charge in [0.15, 0.2) is 11.1 Å². The molecule has 214 valence electrons. The van der Waals surface area contributed by atoms with E-state index in [1.165, 1.54) is 31.1 Å². The number of carboxylic acids is 2. The van der Waals surface area contributed by atoms with Gasteiger partial charge >= 0.3 is 24.3 Å². The molecule has 0 unspecified atom stereocenters. The van der Waals surface area contributed by atoms with Crippen LogP contribution in [-0.4, -0.2) is 97.0 Å². The number of carbonyl (C=O) groups is 2. The van der Waals surface area contributed by atoms with E-state index in [0.29, 0.717) is 36.0 Å². The van der Waals surface area contributed by atoms with E-state index in [0.717, 1.165) is 6.26 Å². The number of nitrogens with zero attached hydrogens (tertiary/aromatic N) is 4. The van der Waals surface area contributed by atoms with Crippen LogP contribution in [0.4, 0.5) is 23.4 Å². The third kappa shape index (κ3) is 17.7. The first kappa shape index (κ1) is 34.3. The molecule has 0 atom stereocenters. The zero-order valence-electron chi connectivity index (χ0n) is 19.9. The summed E-state index contributed by atoms with van der Waals surface area (Å²) in [7, 11) is -1.99. The summed E-state index contributed by atoms with van der Waals surface area (Å²) < 4.78 is 74.5. The summed E-state index contributed by atoms with van der Waals surface area (Å²) in [5.74, 6) is -6.43. The fraction of sp³-hybridized carbons (Fsp3) is 0.444. The van der Waals surface area contributed by atoms with Gasteiger partial charge in [0.2, 0.25) is 16.0 Å². The van der Waals surface area contributed by atoms with Crippen molar-refractivity contribution in [1.29, 1.82) is 0 Å². The minimum atomic E-state index is -4.27. The van der Waals surface area contributed by atoms with Crippen molar-refractivity contribution in [3.63, 3.8) is 0 Å². The minimum absolute atomic E-state index is 0.122. The number of aliphatic carboxylic acids is 2. The highest BCUT2D eigenvalue weighted by Crippen LogP contribution is 2.22. The SMILES string of the molecule is CN=C(NCCCSc1nccc(NC(N)=NCC(F)(F)C(F)F)n1)NS(C)(=O)=O.O=C(O)/C=C\C(=O)O. The summed E-state index contributed by atoms with van der Waals surface area (Å²) in [6, 6.07) is 1.40. The number of anilines is 1. The van der Waals surface area contributed by atoms with Crippen molar-refractivity contribution < 1.29 is 45.8 Å². The van der Waals surface area contributed by atoms with Gasteiger partial charge in [-0.25, -0.2) is 41.7 Å². The number of sulfonamides is 1. The molecule has 1 aromatic heterocycles. The Labute approximate surface area is 219 Å². The number of carboxylic acid groups (broad SMARTS) is 2. The lowest BCUT2D eigenvalue weighted by Crippen LogP contribution is -2.40. The van der Waals surface area contributed by atoms with Gasteiger partial charge in [-0.3, -0.25) is 9.71 Å². The lowest BCUT2D eigenvalue weighted by molar-refractivity contribution is -0.134. The van der Waals surface area contributed by atoms with Gasteiger partial charge in [-0.15, -0.1) is 0 Å². The molecule has 1 heterocycles. The van der Waals surface area contributed by atoms with Gasteiger partial charge in [0.1, 0.15) is 12.4 Å². The fourth-order valence-corrected chi connectivity index (χ4v) is 3.12. The van der Waals surface area contributed by atoms with Crippen LogP contribution in [0.5, 0.6) is 0 Å². The first-order chi connectivity index (χ1) is 17.6. The number of rotatable bonds is 12. The highest BCUT2D eigenvalue weighted by atomic mass is 32.2. The topological polar surface area (TPSA) is 221 Å². The molecule has 1 aromatic rings. The van der Waals surface area contributed by atoms with E-state index in [1.807, 2.05) is 0 Å². The van der Waals surface area contributed by atoms with Crippen molar-refractivity contribution in [2.75, 3.05) is 37.5 Å². The van der Waals surface area contributed by atoms with Crippen LogP contribution in [-0.2, 0) is 19.6 Å². The maximum Gasteiger partial charge on any atom is 0.328 e. The summed E-state index contributed by atoms with van der Waals surface area (Å²) >= 11 is 1.27. The van der Waals surface area contributed by atoms with Crippen LogP contribution in [0.3, 0.4) is 0 Å². The summed E-state index contributed by atoms with van der Waals surface area (Å²) in [6.45, 7) is -1.03. The molecule has 0 aromatic carbocycles. The Hall–Kier alpha value is -3.68. The van der Waals surface area contributed by atoms with Crippen LogP contribution in [0.15, 0.2) is 39.6 Å². The summed E-state index contributed by atoms with van der Waals surface area (Å²) in [5.41, 5.74) is 5.41. The number of alkyl halides is 4. The fourth-order valence-electron chi connectivity index (χ4n) is 1.83. The van der Waals surface area contributed by atoms with E-state index in [-0.39, 0.29) is 11.8 Å². The normalized spacial score (nSPS) is 12.6. The van der Waals surface area contributed by atoms with Gasteiger partial charge in [0.05, 0.1) is 6.26 Å². The first-order valence-corrected chi connectivity index (χ1v) is 12.9. The molecular formula is C18H26F4N8O6S2. The second-order valence-corrected chi connectivity index (χ2v) is 9.51. The number of nitrogens with one attached hydrogen (secondary N) is 3. The molecule has 38 heavy (non-hydrogen) atoms. The predicted octanol–water partition coefficient (Wildman–Crippen LogP) is 0.422. The highest BCUT2D eigenvalue weighted by Gasteiger charge is 2.40. The number of guanidine groups is 2. The molecule has 14 nitrogen and oxygen atoms in total. The number of hydrogen-bond donors (Lipinski definition) is 6. The molecule has 20 heteroatoms. The molecule has 0 aliphatic carbocycles. The molecule has 0 fully saturated rings. The molecule has 0 bridgehead atoms. The summed E-state index contributed by atoms with van der Waals surface area (Å²) in [6.07, 6.45) is 0.296. The average Bonchev–Trinajstić information content (AvgIpc) is 2.80. The van der Waals surface area contributed by atoms with Crippen molar-refractivity contribution in [1.82, 2.24) is 20.0 Å². The number of aromatic nitrogens is 2. The van der Waals surface area contributed by atoms with Crippen molar-refractivity contribution in [2.24, 2.45) is 15.7 Å². The summed E-state index contributed by atoms with van der Waals surface area (Å²) in [5, 5.41) is 21.2. The van der Waals surface area contributed by atoms with E-state index in [9.17, 15) is 35.6 Å². The van der Waals surface area contributed by atoms with Crippen LogP contribution >= 0.6 is 11.8 Å². The van der Waals surface area contributed by atoms with E-state index in [2.05, 4.69) is 35.3 Å². The Bertz CT molecular complexity index is 1100. The van der Waals surface area contributed by atoms with Crippen LogP contribution in [0.25, 0.3) is 0 Å². The van der Waals surface area contributed by atoms with Crippen LogP contribution in [0.2, 0.25) is 0 Å². The Morgan fingerprint density at radius 1 is 1.26 bits per heavy atom. The second kappa shape index (κ2) is 16.9. The number of aliphatic imine (C=N–C) groups is 2. The lowest BCUT2D eigenvalue weighted by atomic mass is 10.3. The minimum Gasteiger partial charge on any atom is -0.478 e. The standard InChI is InChI=1S/C14H22F4N8O2S2.C4H4O4/c1-20-12(26-30(2,27)28)21-5-3-7-29-13-22-6-4-9(25-13)24-11(19)23-8-14(17,18)10(15)16;5-3(6)1-2-4(7)8/h4,6,10H,3,5,7-8H2,1-2H3,(H2,20,21,26)(H3,19,22,23,24,25);1-2H,(H,5,6)(H,7,8)/b;2-1-. The molecule has 0 saturated carbocycles. The zero-order valence-corrected chi connectivity index (χ0v) is 21.6. The molecule has 0 radical (unpaired) electrons. The smallest absolute Gasteiger partial charge is 0.328 e. The third-order valence-corrected chi connectivity index (χ3v) is 4.90. The average molecular weight is 591 g/mol. The Morgan fingerprint density at radius 3 is 2.37 bits per heavy atom. The monoisotopic (exact) mass is 590 g/mol. The number of hydrogen-bond acceptors (Lipinski definition) is 9. The molecular weight excluding hydrogens is 564 g/mol.